The molecular formula is C25H47ClN2O3Si2. The van der Waals surface area contributed by atoms with Gasteiger partial charge in [0, 0.05) is 25.0 Å². The zero-order valence-electron chi connectivity index (χ0n) is 22.7. The summed E-state index contributed by atoms with van der Waals surface area (Å²) in [7, 11) is -3.88. The normalized spacial score (nSPS) is 22.6. The minimum atomic E-state index is -2.02. The quantitative estimate of drug-likeness (QED) is 0.235. The topological polar surface area (TPSA) is 53.5 Å². The summed E-state index contributed by atoms with van der Waals surface area (Å²) in [5.41, 5.74) is 1.63. The third kappa shape index (κ3) is 6.81. The van der Waals surface area contributed by atoms with Crippen LogP contribution in [0.25, 0.3) is 0 Å². The number of halogens is 1. The fourth-order valence-electron chi connectivity index (χ4n) is 5.21. The van der Waals surface area contributed by atoms with Gasteiger partial charge < -0.3 is 13.6 Å². The smallest absolute Gasteiger partial charge is 0.218 e. The Hall–Kier alpha value is -0.476. The van der Waals surface area contributed by atoms with Crippen molar-refractivity contribution in [3.63, 3.8) is 0 Å². The van der Waals surface area contributed by atoms with Crippen LogP contribution >= 0.6 is 11.6 Å². The summed E-state index contributed by atoms with van der Waals surface area (Å²) in [5.74, 6) is 0.842. The summed E-state index contributed by atoms with van der Waals surface area (Å²) in [6.07, 6.45) is 3.38. The van der Waals surface area contributed by atoms with E-state index in [1.807, 2.05) is 0 Å². The van der Waals surface area contributed by atoms with Crippen molar-refractivity contribution in [1.82, 2.24) is 9.97 Å². The molecule has 0 bridgehead atoms. The molecule has 1 aromatic heterocycles. The lowest BCUT2D eigenvalue weighted by molar-refractivity contribution is 0.0958. The van der Waals surface area contributed by atoms with E-state index in [0.29, 0.717) is 33.6 Å². The lowest BCUT2D eigenvalue weighted by atomic mass is 10.1. The summed E-state index contributed by atoms with van der Waals surface area (Å²) in [6.45, 7) is 26.3. The van der Waals surface area contributed by atoms with Gasteiger partial charge in [0.2, 0.25) is 14.2 Å². The molecule has 3 atom stereocenters. The van der Waals surface area contributed by atoms with E-state index in [9.17, 15) is 0 Å². The first-order valence-electron chi connectivity index (χ1n) is 12.6. The molecule has 0 aromatic carbocycles. The molecule has 0 amide bonds. The molecule has 5 nitrogen and oxygen atoms in total. The van der Waals surface area contributed by atoms with E-state index in [0.717, 1.165) is 19.4 Å². The van der Waals surface area contributed by atoms with Crippen LogP contribution in [-0.2, 0) is 8.85 Å². The van der Waals surface area contributed by atoms with E-state index in [-0.39, 0.29) is 17.2 Å². The Labute approximate surface area is 209 Å². The molecule has 1 heterocycles. The van der Waals surface area contributed by atoms with Gasteiger partial charge in [-0.1, -0.05) is 73.9 Å². The van der Waals surface area contributed by atoms with Crippen molar-refractivity contribution in [2.45, 2.75) is 122 Å². The molecule has 0 radical (unpaired) electrons. The number of aromatic nitrogens is 2. The highest BCUT2D eigenvalue weighted by Gasteiger charge is 2.50. The van der Waals surface area contributed by atoms with Crippen molar-refractivity contribution in [1.29, 1.82) is 0 Å². The first-order valence-corrected chi connectivity index (χ1v) is 18.0. The van der Waals surface area contributed by atoms with Crippen LogP contribution < -0.4 is 4.74 Å². The molecule has 0 spiro atoms. The molecule has 0 unspecified atom stereocenters. The van der Waals surface area contributed by atoms with E-state index in [2.05, 4.69) is 85.4 Å². The van der Waals surface area contributed by atoms with Gasteiger partial charge in [0.1, 0.15) is 17.6 Å². The highest BCUT2D eigenvalue weighted by atomic mass is 35.5. The van der Waals surface area contributed by atoms with Crippen molar-refractivity contribution in [2.75, 3.05) is 6.61 Å². The number of nitrogens with zero attached hydrogens (tertiary/aromatic N) is 2. The fraction of sp³-hybridized carbons (Fsp3) is 0.840. The third-order valence-electron chi connectivity index (χ3n) is 8.01. The highest BCUT2D eigenvalue weighted by Crippen LogP contribution is 2.46. The van der Waals surface area contributed by atoms with Crippen molar-refractivity contribution >= 4 is 28.2 Å². The average molecular weight is 515 g/mol. The second-order valence-electron chi connectivity index (χ2n) is 12.2. The summed E-state index contributed by atoms with van der Waals surface area (Å²) >= 11 is 6.06. The Kier molecular flexibility index (Phi) is 9.64. The van der Waals surface area contributed by atoms with Crippen LogP contribution in [0.15, 0.2) is 12.4 Å². The van der Waals surface area contributed by atoms with Gasteiger partial charge in [-0.05, 0) is 41.2 Å². The van der Waals surface area contributed by atoms with Crippen LogP contribution in [0.4, 0.5) is 0 Å². The van der Waals surface area contributed by atoms with E-state index in [1.165, 1.54) is 6.33 Å². The van der Waals surface area contributed by atoms with Gasteiger partial charge in [0.25, 0.3) is 0 Å². The van der Waals surface area contributed by atoms with E-state index in [4.69, 9.17) is 25.2 Å². The van der Waals surface area contributed by atoms with Crippen molar-refractivity contribution in [3.8, 4) is 5.88 Å². The van der Waals surface area contributed by atoms with E-state index in [1.54, 1.807) is 6.07 Å². The van der Waals surface area contributed by atoms with Gasteiger partial charge in [-0.15, -0.1) is 0 Å². The molecule has 8 heteroatoms. The summed E-state index contributed by atoms with van der Waals surface area (Å²) in [4.78, 5) is 8.23. The molecule has 0 aliphatic heterocycles. The van der Waals surface area contributed by atoms with Crippen LogP contribution in [0, 0.1) is 5.92 Å². The van der Waals surface area contributed by atoms with Gasteiger partial charge in [-0.25, -0.2) is 9.97 Å². The molecule has 1 saturated carbocycles. The van der Waals surface area contributed by atoms with Gasteiger partial charge >= 0.3 is 0 Å². The Balaban J connectivity index is 2.28. The number of ether oxygens (including phenoxy) is 1. The molecule has 1 fully saturated rings. The van der Waals surface area contributed by atoms with Gasteiger partial charge in [-0.3, -0.25) is 0 Å². The van der Waals surface area contributed by atoms with Gasteiger partial charge in [0.05, 0.1) is 6.10 Å². The van der Waals surface area contributed by atoms with Gasteiger partial charge in [0.15, 0.2) is 8.32 Å². The Morgan fingerprint density at radius 3 is 2.06 bits per heavy atom. The monoisotopic (exact) mass is 514 g/mol. The van der Waals surface area contributed by atoms with Crippen molar-refractivity contribution in [2.24, 2.45) is 5.92 Å². The highest BCUT2D eigenvalue weighted by molar-refractivity contribution is 6.77. The maximum Gasteiger partial charge on any atom is 0.218 e. The standard InChI is InChI=1S/C25H47ClN2O3Si2/c1-17(2)33(18(3)4,19(5)6)31-22-13-21(30-24-14-23(26)27-16-28-24)12-20(22)15-29-32(10,11)25(7,8)9/h14,16-22H,12-13,15H2,1-11H3/t20-,21-,22+/m1/s1. The Bertz CT molecular complexity index is 746. The molecule has 1 aromatic rings. The summed E-state index contributed by atoms with van der Waals surface area (Å²) in [5, 5.41) is 0.580. The molecule has 1 aliphatic carbocycles. The first kappa shape index (κ1) is 28.8. The van der Waals surface area contributed by atoms with Crippen molar-refractivity contribution < 1.29 is 13.6 Å². The SMILES string of the molecule is CC(C)[Si](O[C@H]1C[C@H](Oc2cc(Cl)ncn2)C[C@@H]1CO[Si](C)(C)C(C)(C)C)(C(C)C)C(C)C. The number of hydrogen-bond donors (Lipinski definition) is 0. The van der Waals surface area contributed by atoms with E-state index >= 15 is 0 Å². The number of hydrogen-bond acceptors (Lipinski definition) is 5. The predicted molar refractivity (Wildman–Crippen MR) is 143 cm³/mol. The number of rotatable bonds is 10. The first-order chi connectivity index (χ1) is 15.1. The lowest BCUT2D eigenvalue weighted by Crippen LogP contribution is -2.51. The maximum absolute atomic E-state index is 7.27. The third-order valence-corrected chi connectivity index (χ3v) is 18.8. The molecule has 0 N–H and O–H groups in total. The largest absolute Gasteiger partial charge is 0.474 e. The van der Waals surface area contributed by atoms with Crippen molar-refractivity contribution in [3.05, 3.63) is 17.5 Å². The Morgan fingerprint density at radius 2 is 1.58 bits per heavy atom. The molecule has 190 valence electrons. The van der Waals surface area contributed by atoms with Crippen LogP contribution in [0.2, 0.25) is 39.9 Å². The average Bonchev–Trinajstić information content (AvgIpc) is 3.03. The molecule has 33 heavy (non-hydrogen) atoms. The second kappa shape index (κ2) is 11.1. The predicted octanol–water partition coefficient (Wildman–Crippen LogP) is 7.87. The van der Waals surface area contributed by atoms with Crippen LogP contribution in [0.5, 0.6) is 5.88 Å². The summed E-state index contributed by atoms with van der Waals surface area (Å²) < 4.78 is 20.2. The zero-order valence-corrected chi connectivity index (χ0v) is 25.5. The molecule has 0 saturated heterocycles. The fourth-order valence-corrected chi connectivity index (χ4v) is 12.0. The van der Waals surface area contributed by atoms with Gasteiger partial charge in [-0.2, -0.15) is 0 Å². The molecule has 2 rings (SSSR count). The van der Waals surface area contributed by atoms with Crippen LogP contribution in [0.1, 0.15) is 75.2 Å². The minimum absolute atomic E-state index is 0.0344. The molecule has 1 aliphatic rings. The summed E-state index contributed by atoms with van der Waals surface area (Å²) in [6, 6.07) is 1.69. The van der Waals surface area contributed by atoms with Crippen LogP contribution in [-0.4, -0.2) is 45.4 Å². The van der Waals surface area contributed by atoms with Crippen LogP contribution in [0.3, 0.4) is 0 Å². The second-order valence-corrected chi connectivity index (χ2v) is 22.8. The maximum atomic E-state index is 7.27. The van der Waals surface area contributed by atoms with E-state index < -0.39 is 16.6 Å². The lowest BCUT2D eigenvalue weighted by Gasteiger charge is -2.45. The zero-order chi connectivity index (χ0) is 25.2. The minimum Gasteiger partial charge on any atom is -0.474 e. The molecular weight excluding hydrogens is 468 g/mol. The Morgan fingerprint density at radius 1 is 1.00 bits per heavy atom.